The van der Waals surface area contributed by atoms with Crippen LogP contribution in [0.3, 0.4) is 0 Å². The fourth-order valence-electron chi connectivity index (χ4n) is 8.07. The number of fused-ring (bicyclic) bond motifs is 10. The molecule has 0 aliphatic heterocycles. The topological polar surface area (TPSA) is 18.1 Å². The third kappa shape index (κ3) is 3.15. The van der Waals surface area contributed by atoms with E-state index in [1.807, 2.05) is 0 Å². The summed E-state index contributed by atoms with van der Waals surface area (Å²) < 4.78 is 8.82. The second kappa shape index (κ2) is 8.74. The molecule has 8 aromatic carbocycles. The fraction of sp³-hybridized carbons (Fsp3) is 0. The lowest BCUT2D eigenvalue weighted by atomic mass is 9.93. The van der Waals surface area contributed by atoms with Gasteiger partial charge in [0.2, 0.25) is 0 Å². The number of nitrogens with zero attached hydrogens (tertiary/aromatic N) is 1. The summed E-state index contributed by atoms with van der Waals surface area (Å²) in [6.07, 6.45) is 0. The molecule has 0 saturated heterocycles. The number of hydrogen-bond donors (Lipinski definition) is 0. The highest BCUT2D eigenvalue weighted by Gasteiger charge is 2.22. The lowest BCUT2D eigenvalue weighted by Crippen LogP contribution is -1.93. The first-order valence-corrected chi connectivity index (χ1v) is 15.8. The first-order valence-electron chi connectivity index (χ1n) is 15.8. The second-order valence-electron chi connectivity index (χ2n) is 12.5. The Morgan fingerprint density at radius 2 is 1.02 bits per heavy atom. The van der Waals surface area contributed by atoms with Crippen molar-refractivity contribution in [3.05, 3.63) is 152 Å². The molecule has 0 saturated carbocycles. The van der Waals surface area contributed by atoms with E-state index in [0.29, 0.717) is 0 Å². The molecule has 2 nitrogen and oxygen atoms in total. The minimum absolute atomic E-state index is 0.901. The Balaban J connectivity index is 1.14. The van der Waals surface area contributed by atoms with Crippen LogP contribution < -0.4 is 0 Å². The van der Waals surface area contributed by atoms with Gasteiger partial charge in [-0.15, -0.1) is 0 Å². The van der Waals surface area contributed by atoms with Crippen molar-refractivity contribution in [1.82, 2.24) is 4.57 Å². The van der Waals surface area contributed by atoms with Crippen LogP contribution in [0.1, 0.15) is 0 Å². The molecular formula is C44H25NO. The van der Waals surface area contributed by atoms with Gasteiger partial charge in [-0.3, -0.25) is 0 Å². The van der Waals surface area contributed by atoms with Gasteiger partial charge in [0.25, 0.3) is 0 Å². The van der Waals surface area contributed by atoms with E-state index in [1.165, 1.54) is 76.7 Å². The van der Waals surface area contributed by atoms with Gasteiger partial charge in [-0.05, 0) is 103 Å². The molecule has 0 bridgehead atoms. The molecule has 2 heteroatoms. The first-order chi connectivity index (χ1) is 22.8. The van der Waals surface area contributed by atoms with E-state index in [1.54, 1.807) is 0 Å². The molecule has 2 heterocycles. The number of hydrogen-bond acceptors (Lipinski definition) is 1. The largest absolute Gasteiger partial charge is 0.456 e. The Labute approximate surface area is 264 Å². The van der Waals surface area contributed by atoms with Crippen molar-refractivity contribution in [3.63, 3.8) is 0 Å². The standard InChI is InChI=1S/C44H25NO/c1-2-9-27-24-41-37(22-26(27)8-1)33-12-5-6-15-40(33)45(41)29-17-21-43-39(25-29)38-23-28(16-20-42(38)46-43)30-18-19-36-32-11-4-3-10-31(32)35-14-7-13-34(30)44(35)36/h1-25H. The summed E-state index contributed by atoms with van der Waals surface area (Å²) in [7, 11) is 0. The van der Waals surface area contributed by atoms with E-state index in [9.17, 15) is 0 Å². The molecule has 0 fully saturated rings. The number of rotatable bonds is 2. The van der Waals surface area contributed by atoms with Crippen LogP contribution in [0.15, 0.2) is 156 Å². The van der Waals surface area contributed by atoms with Gasteiger partial charge in [0, 0.05) is 27.2 Å². The molecule has 1 aliphatic rings. The van der Waals surface area contributed by atoms with Crippen molar-refractivity contribution < 1.29 is 4.42 Å². The molecule has 0 radical (unpaired) electrons. The van der Waals surface area contributed by atoms with Crippen LogP contribution in [0.25, 0.3) is 104 Å². The smallest absolute Gasteiger partial charge is 0.135 e. The van der Waals surface area contributed by atoms with Gasteiger partial charge in [-0.2, -0.15) is 0 Å². The normalized spacial score (nSPS) is 12.3. The van der Waals surface area contributed by atoms with Crippen LogP contribution in [0.5, 0.6) is 0 Å². The lowest BCUT2D eigenvalue weighted by Gasteiger charge is -2.10. The maximum atomic E-state index is 6.42. The van der Waals surface area contributed by atoms with Crippen molar-refractivity contribution in [2.24, 2.45) is 0 Å². The molecule has 2 aromatic heterocycles. The highest BCUT2D eigenvalue weighted by molar-refractivity contribution is 6.19. The summed E-state index contributed by atoms with van der Waals surface area (Å²) in [6, 6.07) is 55.3. The summed E-state index contributed by atoms with van der Waals surface area (Å²) >= 11 is 0. The second-order valence-corrected chi connectivity index (χ2v) is 12.5. The summed E-state index contributed by atoms with van der Waals surface area (Å²) in [6.45, 7) is 0. The average Bonchev–Trinajstić information content (AvgIpc) is 3.75. The zero-order valence-electron chi connectivity index (χ0n) is 24.8. The van der Waals surface area contributed by atoms with Gasteiger partial charge < -0.3 is 8.98 Å². The van der Waals surface area contributed by atoms with Crippen molar-refractivity contribution >= 4 is 65.3 Å². The van der Waals surface area contributed by atoms with Crippen molar-refractivity contribution in [2.75, 3.05) is 0 Å². The summed E-state index contributed by atoms with van der Waals surface area (Å²) in [4.78, 5) is 0. The molecule has 0 spiro atoms. The fourth-order valence-corrected chi connectivity index (χ4v) is 8.07. The molecular weight excluding hydrogens is 558 g/mol. The minimum atomic E-state index is 0.901. The number of aromatic nitrogens is 1. The van der Waals surface area contributed by atoms with E-state index < -0.39 is 0 Å². The van der Waals surface area contributed by atoms with Crippen molar-refractivity contribution in [1.29, 1.82) is 0 Å². The molecule has 0 unspecified atom stereocenters. The Morgan fingerprint density at radius 3 is 1.89 bits per heavy atom. The number of benzene rings is 8. The van der Waals surface area contributed by atoms with E-state index in [-0.39, 0.29) is 0 Å². The average molecular weight is 584 g/mol. The molecule has 0 amide bonds. The number of furan rings is 1. The minimum Gasteiger partial charge on any atom is -0.456 e. The maximum absolute atomic E-state index is 6.42. The van der Waals surface area contributed by atoms with Crippen LogP contribution >= 0.6 is 0 Å². The van der Waals surface area contributed by atoms with E-state index in [2.05, 4.69) is 156 Å². The summed E-state index contributed by atoms with van der Waals surface area (Å²) in [5.41, 5.74) is 13.1. The van der Waals surface area contributed by atoms with Gasteiger partial charge >= 0.3 is 0 Å². The SMILES string of the molecule is c1ccc2c(c1)-c1cccc3c(-c4ccc5oc6ccc(-n7c8ccccc8c8cc9ccccc9cc87)cc6c5c4)ccc-2c13. The summed E-state index contributed by atoms with van der Waals surface area (Å²) in [5, 5.41) is 9.92. The zero-order chi connectivity index (χ0) is 29.9. The van der Waals surface area contributed by atoms with Gasteiger partial charge in [0.1, 0.15) is 11.2 Å². The molecule has 212 valence electrons. The number of para-hydroxylation sites is 1. The van der Waals surface area contributed by atoms with Crippen LogP contribution in [0, 0.1) is 0 Å². The molecule has 46 heavy (non-hydrogen) atoms. The predicted octanol–water partition coefficient (Wildman–Crippen LogP) is 12.3. The third-order valence-corrected chi connectivity index (χ3v) is 10.1. The Hall–Kier alpha value is -6.12. The Kier molecular flexibility index (Phi) is 4.61. The lowest BCUT2D eigenvalue weighted by molar-refractivity contribution is 0.669. The summed E-state index contributed by atoms with van der Waals surface area (Å²) in [5.74, 6) is 0. The molecule has 0 atom stereocenters. The van der Waals surface area contributed by atoms with E-state index >= 15 is 0 Å². The molecule has 1 aliphatic carbocycles. The van der Waals surface area contributed by atoms with Crippen LogP contribution in [-0.2, 0) is 0 Å². The van der Waals surface area contributed by atoms with Gasteiger partial charge in [0.15, 0.2) is 0 Å². The molecule has 11 rings (SSSR count). The highest BCUT2D eigenvalue weighted by Crippen LogP contribution is 2.49. The third-order valence-electron chi connectivity index (χ3n) is 10.1. The zero-order valence-corrected chi connectivity index (χ0v) is 24.8. The van der Waals surface area contributed by atoms with E-state index in [4.69, 9.17) is 4.42 Å². The van der Waals surface area contributed by atoms with E-state index in [0.717, 1.165) is 27.6 Å². The van der Waals surface area contributed by atoms with Crippen molar-refractivity contribution in [3.8, 4) is 39.1 Å². The monoisotopic (exact) mass is 583 g/mol. The highest BCUT2D eigenvalue weighted by atomic mass is 16.3. The quantitative estimate of drug-likeness (QED) is 0.198. The Bertz CT molecular complexity index is 2890. The van der Waals surface area contributed by atoms with Gasteiger partial charge in [-0.25, -0.2) is 0 Å². The Morgan fingerprint density at radius 1 is 0.370 bits per heavy atom. The molecule has 10 aromatic rings. The molecule has 0 N–H and O–H groups in total. The van der Waals surface area contributed by atoms with Gasteiger partial charge in [0.05, 0.1) is 11.0 Å². The van der Waals surface area contributed by atoms with Gasteiger partial charge in [-0.1, -0.05) is 103 Å². The predicted molar refractivity (Wildman–Crippen MR) is 193 cm³/mol. The first kappa shape index (κ1) is 24.2. The van der Waals surface area contributed by atoms with Crippen LogP contribution in [0.2, 0.25) is 0 Å². The maximum Gasteiger partial charge on any atom is 0.135 e. The van der Waals surface area contributed by atoms with Crippen LogP contribution in [-0.4, -0.2) is 4.57 Å². The van der Waals surface area contributed by atoms with Crippen molar-refractivity contribution in [2.45, 2.75) is 0 Å². The van der Waals surface area contributed by atoms with Crippen LogP contribution in [0.4, 0.5) is 0 Å².